The zero-order valence-corrected chi connectivity index (χ0v) is 17.5. The van der Waals surface area contributed by atoms with Gasteiger partial charge < -0.3 is 4.74 Å². The van der Waals surface area contributed by atoms with E-state index in [0.717, 1.165) is 30.3 Å². The van der Waals surface area contributed by atoms with Gasteiger partial charge in [-0.15, -0.1) is 0 Å². The predicted molar refractivity (Wildman–Crippen MR) is 111 cm³/mol. The van der Waals surface area contributed by atoms with Crippen LogP contribution in [0.25, 0.3) is 0 Å². The van der Waals surface area contributed by atoms with Gasteiger partial charge in [0.25, 0.3) is 0 Å². The van der Waals surface area contributed by atoms with E-state index in [1.165, 1.54) is 89.9 Å². The van der Waals surface area contributed by atoms with Crippen LogP contribution in [0.4, 0.5) is 0 Å². The molecule has 0 bridgehead atoms. The maximum absolute atomic E-state index is 5.83. The third kappa shape index (κ3) is 6.02. The molecule has 26 heavy (non-hydrogen) atoms. The summed E-state index contributed by atoms with van der Waals surface area (Å²) >= 11 is 0. The average Bonchev–Trinajstić information content (AvgIpc) is 2.69. The number of ether oxygens (including phenoxy) is 1. The van der Waals surface area contributed by atoms with Gasteiger partial charge in [0, 0.05) is 18.4 Å². The van der Waals surface area contributed by atoms with Gasteiger partial charge in [-0.2, -0.15) is 0 Å². The first-order valence-electron chi connectivity index (χ1n) is 11.9. The molecule has 0 aromatic heterocycles. The van der Waals surface area contributed by atoms with Crippen molar-refractivity contribution in [3.63, 3.8) is 0 Å². The molecule has 0 spiro atoms. The van der Waals surface area contributed by atoms with E-state index in [1.54, 1.807) is 0 Å². The third-order valence-electron chi connectivity index (χ3n) is 7.59. The van der Waals surface area contributed by atoms with Crippen LogP contribution in [-0.2, 0) is 4.74 Å². The van der Waals surface area contributed by atoms with Crippen molar-refractivity contribution < 1.29 is 4.74 Å². The summed E-state index contributed by atoms with van der Waals surface area (Å²) in [5, 5.41) is 0. The van der Waals surface area contributed by atoms with E-state index in [1.807, 2.05) is 0 Å². The molecular weight excluding hydrogens is 316 g/mol. The van der Waals surface area contributed by atoms with Crippen molar-refractivity contribution in [1.82, 2.24) is 0 Å². The predicted octanol–water partition coefficient (Wildman–Crippen LogP) is 7.00. The van der Waals surface area contributed by atoms with Crippen LogP contribution in [0.1, 0.15) is 104 Å². The van der Waals surface area contributed by atoms with Crippen LogP contribution >= 0.6 is 0 Å². The molecule has 1 heteroatoms. The molecule has 3 fully saturated rings. The molecule has 0 atom stereocenters. The van der Waals surface area contributed by atoms with Crippen LogP contribution < -0.4 is 0 Å². The van der Waals surface area contributed by atoms with E-state index in [4.69, 9.17) is 4.74 Å². The molecule has 3 aliphatic carbocycles. The molecule has 0 aromatic carbocycles. The van der Waals surface area contributed by atoms with Gasteiger partial charge in [0.15, 0.2) is 0 Å². The highest BCUT2D eigenvalue weighted by atomic mass is 16.5. The molecular formula is C25H42O. The minimum absolute atomic E-state index is 0.561. The van der Waals surface area contributed by atoms with E-state index < -0.39 is 0 Å². The van der Waals surface area contributed by atoms with Gasteiger partial charge in [-0.05, 0) is 102 Å². The fourth-order valence-corrected chi connectivity index (χ4v) is 5.94. The second-order valence-electron chi connectivity index (χ2n) is 9.40. The standard InChI is InChI=1S/C25H42O/c1-3-5-20-6-8-21(9-7-20)10-11-22-12-14-23(15-13-22)24-16-18-25(19-17-24)26-4-2/h20-25H,3-9,12-19H2,1-2H3. The summed E-state index contributed by atoms with van der Waals surface area (Å²) in [5.74, 6) is 11.8. The van der Waals surface area contributed by atoms with Crippen LogP contribution in [0.5, 0.6) is 0 Å². The fraction of sp³-hybridized carbons (Fsp3) is 0.920. The molecule has 3 rings (SSSR count). The van der Waals surface area contributed by atoms with Crippen molar-refractivity contribution in [3.8, 4) is 11.8 Å². The van der Waals surface area contributed by atoms with Gasteiger partial charge in [-0.25, -0.2) is 0 Å². The quantitative estimate of drug-likeness (QED) is 0.481. The largest absolute Gasteiger partial charge is 0.379 e. The molecule has 1 nitrogen and oxygen atoms in total. The van der Waals surface area contributed by atoms with Gasteiger partial charge >= 0.3 is 0 Å². The normalized spacial score (nSPS) is 38.4. The highest BCUT2D eigenvalue weighted by molar-refractivity contribution is 5.09. The van der Waals surface area contributed by atoms with E-state index in [-0.39, 0.29) is 0 Å². The Balaban J connectivity index is 1.35. The van der Waals surface area contributed by atoms with Gasteiger partial charge in [0.2, 0.25) is 0 Å². The maximum atomic E-state index is 5.83. The number of rotatable bonds is 5. The Hall–Kier alpha value is -0.480. The molecule has 3 saturated carbocycles. The first-order valence-corrected chi connectivity index (χ1v) is 11.9. The molecule has 0 aromatic rings. The zero-order valence-electron chi connectivity index (χ0n) is 17.5. The van der Waals surface area contributed by atoms with Crippen LogP contribution in [0.3, 0.4) is 0 Å². The lowest BCUT2D eigenvalue weighted by Crippen LogP contribution is -2.28. The molecule has 3 aliphatic rings. The SMILES string of the molecule is CCCC1CCC(C#CC2CCC(C3CCC(OCC)CC3)CC2)CC1. The second-order valence-corrected chi connectivity index (χ2v) is 9.40. The van der Waals surface area contributed by atoms with Crippen LogP contribution in [0, 0.1) is 41.4 Å². The first-order chi connectivity index (χ1) is 12.8. The van der Waals surface area contributed by atoms with Gasteiger partial charge in [-0.3, -0.25) is 0 Å². The summed E-state index contributed by atoms with van der Waals surface area (Å²) in [7, 11) is 0. The molecule has 0 N–H and O–H groups in total. The fourth-order valence-electron chi connectivity index (χ4n) is 5.94. The van der Waals surface area contributed by atoms with Gasteiger partial charge in [0.1, 0.15) is 0 Å². The van der Waals surface area contributed by atoms with Crippen LogP contribution in [0.2, 0.25) is 0 Å². The first kappa shape index (κ1) is 20.3. The number of hydrogen-bond donors (Lipinski definition) is 0. The summed E-state index contributed by atoms with van der Waals surface area (Å²) in [6.07, 6.45) is 20.0. The van der Waals surface area contributed by atoms with Crippen molar-refractivity contribution >= 4 is 0 Å². The highest BCUT2D eigenvalue weighted by Gasteiger charge is 2.30. The lowest BCUT2D eigenvalue weighted by atomic mass is 9.70. The molecule has 148 valence electrons. The van der Waals surface area contributed by atoms with Crippen LogP contribution in [-0.4, -0.2) is 12.7 Å². The van der Waals surface area contributed by atoms with Crippen LogP contribution in [0.15, 0.2) is 0 Å². The molecule has 0 radical (unpaired) electrons. The van der Waals surface area contributed by atoms with E-state index in [9.17, 15) is 0 Å². The minimum Gasteiger partial charge on any atom is -0.379 e. The Labute approximate surface area is 163 Å². The monoisotopic (exact) mass is 358 g/mol. The topological polar surface area (TPSA) is 9.23 Å². The van der Waals surface area contributed by atoms with Gasteiger partial charge in [0.05, 0.1) is 6.10 Å². The molecule has 0 aliphatic heterocycles. The van der Waals surface area contributed by atoms with Crippen molar-refractivity contribution in [3.05, 3.63) is 0 Å². The van der Waals surface area contributed by atoms with Crippen molar-refractivity contribution in [2.45, 2.75) is 110 Å². The zero-order chi connectivity index (χ0) is 18.2. The maximum Gasteiger partial charge on any atom is 0.0575 e. The molecule has 0 saturated heterocycles. The lowest BCUT2D eigenvalue weighted by Gasteiger charge is -2.37. The third-order valence-corrected chi connectivity index (χ3v) is 7.59. The average molecular weight is 359 g/mol. The summed E-state index contributed by atoms with van der Waals surface area (Å²) in [4.78, 5) is 0. The summed E-state index contributed by atoms with van der Waals surface area (Å²) < 4.78 is 5.83. The van der Waals surface area contributed by atoms with Crippen molar-refractivity contribution in [2.75, 3.05) is 6.61 Å². The summed E-state index contributed by atoms with van der Waals surface area (Å²) in [6, 6.07) is 0. The lowest BCUT2D eigenvalue weighted by molar-refractivity contribution is 0.0143. The summed E-state index contributed by atoms with van der Waals surface area (Å²) in [5.41, 5.74) is 0. The molecule has 0 amide bonds. The Kier molecular flexibility index (Phi) is 8.38. The minimum atomic E-state index is 0.561. The van der Waals surface area contributed by atoms with E-state index in [0.29, 0.717) is 12.0 Å². The van der Waals surface area contributed by atoms with Crippen molar-refractivity contribution in [2.24, 2.45) is 29.6 Å². The van der Waals surface area contributed by atoms with Crippen molar-refractivity contribution in [1.29, 1.82) is 0 Å². The Bertz CT molecular complexity index is 435. The molecule has 0 unspecified atom stereocenters. The Morgan fingerprint density at radius 1 is 0.654 bits per heavy atom. The highest BCUT2D eigenvalue weighted by Crippen LogP contribution is 2.40. The number of hydrogen-bond acceptors (Lipinski definition) is 1. The Morgan fingerprint density at radius 2 is 1.15 bits per heavy atom. The smallest absolute Gasteiger partial charge is 0.0575 e. The second kappa shape index (κ2) is 10.8. The Morgan fingerprint density at radius 3 is 1.65 bits per heavy atom. The summed E-state index contributed by atoms with van der Waals surface area (Å²) in [6.45, 7) is 5.34. The van der Waals surface area contributed by atoms with Gasteiger partial charge in [-0.1, -0.05) is 31.6 Å². The van der Waals surface area contributed by atoms with E-state index >= 15 is 0 Å². The molecule has 0 heterocycles. The van der Waals surface area contributed by atoms with E-state index in [2.05, 4.69) is 25.7 Å².